The minimum atomic E-state index is -2.40. The Hall–Kier alpha value is -1.36. The first-order chi connectivity index (χ1) is 11.5. The van der Waals surface area contributed by atoms with Crippen LogP contribution in [-0.4, -0.2) is 53.5 Å². The van der Waals surface area contributed by atoms with Crippen molar-refractivity contribution in [3.05, 3.63) is 20.2 Å². The van der Waals surface area contributed by atoms with Crippen LogP contribution in [0.5, 0.6) is 0 Å². The van der Waals surface area contributed by atoms with Crippen molar-refractivity contribution in [3.8, 4) is 0 Å². The van der Waals surface area contributed by atoms with E-state index in [-0.39, 0.29) is 24.7 Å². The van der Waals surface area contributed by atoms with Gasteiger partial charge < -0.3 is 18.9 Å². The molecule has 2 spiro atoms. The molecule has 0 amide bonds. The molecule has 10 heteroatoms. The molecule has 132 valence electrons. The van der Waals surface area contributed by atoms with Crippen molar-refractivity contribution in [2.75, 3.05) is 26.4 Å². The number of ether oxygens (including phenoxy) is 4. The molecule has 4 bridgehead atoms. The van der Waals surface area contributed by atoms with E-state index in [0.717, 1.165) is 0 Å². The lowest BCUT2D eigenvalue weighted by molar-refractivity contribution is -0.837. The van der Waals surface area contributed by atoms with E-state index >= 15 is 0 Å². The first-order valence-corrected chi connectivity index (χ1v) is 8.33. The molecule has 0 radical (unpaired) electrons. The molecule has 0 aromatic heterocycles. The third-order valence-corrected chi connectivity index (χ3v) is 6.81. The van der Waals surface area contributed by atoms with Crippen molar-refractivity contribution in [1.82, 2.24) is 0 Å². The maximum Gasteiger partial charge on any atom is 0.474 e. The van der Waals surface area contributed by atoms with E-state index in [4.69, 9.17) is 18.9 Å². The van der Waals surface area contributed by atoms with Gasteiger partial charge in [0.25, 0.3) is 0 Å². The second-order valence-corrected chi connectivity index (χ2v) is 7.34. The van der Waals surface area contributed by atoms with Gasteiger partial charge in [-0.05, 0) is 19.3 Å². The van der Waals surface area contributed by atoms with Gasteiger partial charge in [0, 0.05) is 11.8 Å². The van der Waals surface area contributed by atoms with Crippen LogP contribution in [-0.2, 0) is 18.9 Å². The lowest BCUT2D eigenvalue weighted by Crippen LogP contribution is -2.81. The van der Waals surface area contributed by atoms with Crippen molar-refractivity contribution in [1.29, 1.82) is 0 Å². The normalized spacial score (nSPS) is 42.8. The summed E-state index contributed by atoms with van der Waals surface area (Å²) in [4.78, 5) is 22.6. The summed E-state index contributed by atoms with van der Waals surface area (Å²) in [6.45, 7) is 1.25. The highest BCUT2D eigenvalue weighted by Crippen LogP contribution is 2.69. The SMILES string of the molecule is O=[N+]([O-])C1([N+](=O)[O-])C2CC3CC(CC1C31OCCO1)C21OCCO1. The Labute approximate surface area is 136 Å². The van der Waals surface area contributed by atoms with Gasteiger partial charge in [-0.3, -0.25) is 20.2 Å². The largest absolute Gasteiger partial charge is 0.474 e. The molecule has 0 aromatic rings. The average molecular weight is 342 g/mol. The summed E-state index contributed by atoms with van der Waals surface area (Å²) in [5.41, 5.74) is -2.40. The zero-order valence-electron chi connectivity index (χ0n) is 12.9. The lowest BCUT2D eigenvalue weighted by Gasteiger charge is -2.63. The van der Waals surface area contributed by atoms with Gasteiger partial charge in [-0.15, -0.1) is 0 Å². The Balaban J connectivity index is 1.72. The van der Waals surface area contributed by atoms with Crippen molar-refractivity contribution in [2.45, 2.75) is 36.5 Å². The summed E-state index contributed by atoms with van der Waals surface area (Å²) in [5.74, 6) is -4.49. The predicted octanol–water partition coefficient (Wildman–Crippen LogP) is 0.398. The Morgan fingerprint density at radius 3 is 1.42 bits per heavy atom. The van der Waals surface area contributed by atoms with E-state index in [1.165, 1.54) is 0 Å². The Morgan fingerprint density at radius 2 is 1.08 bits per heavy atom. The van der Waals surface area contributed by atoms with Gasteiger partial charge in [0.05, 0.1) is 36.3 Å². The van der Waals surface area contributed by atoms with E-state index in [2.05, 4.69) is 0 Å². The molecule has 6 fully saturated rings. The van der Waals surface area contributed by atoms with Gasteiger partial charge in [0.2, 0.25) is 0 Å². The Kier molecular flexibility index (Phi) is 2.75. The maximum atomic E-state index is 12.1. The lowest BCUT2D eigenvalue weighted by atomic mass is 9.46. The summed E-state index contributed by atoms with van der Waals surface area (Å²) in [6.07, 6.45) is 1.18. The highest BCUT2D eigenvalue weighted by atomic mass is 16.8. The van der Waals surface area contributed by atoms with Gasteiger partial charge in [-0.1, -0.05) is 0 Å². The van der Waals surface area contributed by atoms with Crippen LogP contribution in [0, 0.1) is 43.9 Å². The van der Waals surface area contributed by atoms with Gasteiger partial charge in [0.15, 0.2) is 23.4 Å². The first kappa shape index (κ1) is 14.9. The number of hydrogen-bond acceptors (Lipinski definition) is 8. The summed E-state index contributed by atoms with van der Waals surface area (Å²) in [6, 6.07) is 0. The minimum Gasteiger partial charge on any atom is -0.346 e. The number of nitro groups is 2. The van der Waals surface area contributed by atoms with E-state index in [9.17, 15) is 20.2 Å². The first-order valence-electron chi connectivity index (χ1n) is 8.33. The number of nitrogens with zero attached hydrogens (tertiary/aromatic N) is 2. The summed E-state index contributed by atoms with van der Waals surface area (Å²) >= 11 is 0. The van der Waals surface area contributed by atoms with Gasteiger partial charge in [0.1, 0.15) is 0 Å². The summed E-state index contributed by atoms with van der Waals surface area (Å²) < 4.78 is 23.2. The fraction of sp³-hybridized carbons (Fsp3) is 1.00. The van der Waals surface area contributed by atoms with E-state index in [1.807, 2.05) is 0 Å². The second kappa shape index (κ2) is 4.43. The number of hydrogen-bond donors (Lipinski definition) is 0. The molecule has 2 saturated heterocycles. The van der Waals surface area contributed by atoms with Crippen LogP contribution in [0.2, 0.25) is 0 Å². The number of rotatable bonds is 2. The summed E-state index contributed by atoms with van der Waals surface area (Å²) in [5, 5.41) is 24.1. The van der Waals surface area contributed by atoms with Crippen LogP contribution >= 0.6 is 0 Å². The van der Waals surface area contributed by atoms with Gasteiger partial charge in [-0.25, -0.2) is 0 Å². The van der Waals surface area contributed by atoms with Crippen LogP contribution < -0.4 is 0 Å². The molecule has 0 N–H and O–H groups in total. The molecular formula is C14H18N2O8. The maximum absolute atomic E-state index is 12.1. The Bertz CT molecular complexity index is 560. The average Bonchev–Trinajstić information content (AvgIpc) is 3.17. The molecule has 4 saturated carbocycles. The topological polar surface area (TPSA) is 123 Å². The monoisotopic (exact) mass is 342 g/mol. The second-order valence-electron chi connectivity index (χ2n) is 7.34. The van der Waals surface area contributed by atoms with E-state index < -0.39 is 38.9 Å². The van der Waals surface area contributed by atoms with Crippen LogP contribution in [0.3, 0.4) is 0 Å². The molecule has 2 heterocycles. The van der Waals surface area contributed by atoms with Gasteiger partial charge in [-0.2, -0.15) is 0 Å². The standard InChI is InChI=1S/C14H18N2O8/c17-15(18)12(16(19)20)10-7-9-5-8(13(10)21-1-2-22-13)6-11(12)14(9)23-3-4-24-14/h8-11H,1-7H2. The van der Waals surface area contributed by atoms with Crippen molar-refractivity contribution >= 4 is 0 Å². The molecule has 4 aliphatic carbocycles. The minimum absolute atomic E-state index is 0.0970. The molecule has 6 aliphatic rings. The van der Waals surface area contributed by atoms with Crippen LogP contribution in [0.15, 0.2) is 0 Å². The molecule has 10 nitrogen and oxygen atoms in total. The van der Waals surface area contributed by atoms with E-state index in [0.29, 0.717) is 32.8 Å². The van der Waals surface area contributed by atoms with Crippen LogP contribution in [0.1, 0.15) is 19.3 Å². The van der Waals surface area contributed by atoms with Crippen LogP contribution in [0.25, 0.3) is 0 Å². The van der Waals surface area contributed by atoms with Crippen LogP contribution in [0.4, 0.5) is 0 Å². The highest BCUT2D eigenvalue weighted by Gasteiger charge is 2.89. The van der Waals surface area contributed by atoms with E-state index in [1.54, 1.807) is 0 Å². The molecule has 6 rings (SSSR count). The Morgan fingerprint density at radius 1 is 0.708 bits per heavy atom. The van der Waals surface area contributed by atoms with Gasteiger partial charge >= 0.3 is 5.66 Å². The van der Waals surface area contributed by atoms with Crippen molar-refractivity contribution < 1.29 is 28.8 Å². The highest BCUT2D eigenvalue weighted by molar-refractivity contribution is 5.18. The van der Waals surface area contributed by atoms with Crippen molar-refractivity contribution in [3.63, 3.8) is 0 Å². The zero-order chi connectivity index (χ0) is 16.7. The quantitative estimate of drug-likeness (QED) is 0.401. The molecule has 4 atom stereocenters. The third-order valence-electron chi connectivity index (χ3n) is 6.81. The molecule has 2 aliphatic heterocycles. The molecule has 4 unspecified atom stereocenters. The fourth-order valence-electron chi connectivity index (χ4n) is 6.18. The smallest absolute Gasteiger partial charge is 0.346 e. The molecule has 24 heavy (non-hydrogen) atoms. The molecular weight excluding hydrogens is 324 g/mol. The zero-order valence-corrected chi connectivity index (χ0v) is 12.9. The predicted molar refractivity (Wildman–Crippen MR) is 73.8 cm³/mol. The third kappa shape index (κ3) is 1.36. The summed E-state index contributed by atoms with van der Waals surface area (Å²) in [7, 11) is 0. The molecule has 0 aromatic carbocycles. The fourth-order valence-corrected chi connectivity index (χ4v) is 6.18. The van der Waals surface area contributed by atoms with Crippen molar-refractivity contribution in [2.24, 2.45) is 23.7 Å².